The van der Waals surface area contributed by atoms with Gasteiger partial charge in [-0.05, 0) is 31.4 Å². The number of rotatable bonds is 4. The van der Waals surface area contributed by atoms with E-state index in [0.717, 1.165) is 43.7 Å². The molecule has 1 aliphatic heterocycles. The van der Waals surface area contributed by atoms with Gasteiger partial charge in [0.1, 0.15) is 0 Å². The number of methoxy groups -OCH3 is 1. The first-order chi connectivity index (χ1) is 8.73. The summed E-state index contributed by atoms with van der Waals surface area (Å²) in [7, 11) is 1.68. The highest BCUT2D eigenvalue weighted by atomic mass is 16.5. The fraction of sp³-hybridized carbons (Fsp3) is 0.643. The number of aromatic nitrogens is 1. The van der Waals surface area contributed by atoms with E-state index in [9.17, 15) is 5.11 Å². The van der Waals surface area contributed by atoms with E-state index in [1.165, 1.54) is 0 Å². The molecule has 2 heterocycles. The van der Waals surface area contributed by atoms with Gasteiger partial charge in [-0.15, -0.1) is 0 Å². The molecular formula is C14H22N2O2. The van der Waals surface area contributed by atoms with Crippen molar-refractivity contribution in [2.75, 3.05) is 31.7 Å². The van der Waals surface area contributed by atoms with Crippen LogP contribution >= 0.6 is 0 Å². The molecule has 0 atom stereocenters. The van der Waals surface area contributed by atoms with Gasteiger partial charge in [-0.3, -0.25) is 4.98 Å². The van der Waals surface area contributed by atoms with E-state index in [4.69, 9.17) is 4.74 Å². The van der Waals surface area contributed by atoms with E-state index in [1.807, 2.05) is 6.20 Å². The zero-order valence-electron chi connectivity index (χ0n) is 11.2. The zero-order chi connectivity index (χ0) is 13.0. The summed E-state index contributed by atoms with van der Waals surface area (Å²) >= 11 is 0. The first kappa shape index (κ1) is 13.3. The van der Waals surface area contributed by atoms with E-state index in [0.29, 0.717) is 0 Å². The molecule has 18 heavy (non-hydrogen) atoms. The van der Waals surface area contributed by atoms with Crippen molar-refractivity contribution in [1.29, 1.82) is 0 Å². The number of ether oxygens (including phenoxy) is 1. The van der Waals surface area contributed by atoms with Crippen molar-refractivity contribution >= 4 is 5.69 Å². The Morgan fingerprint density at radius 3 is 2.56 bits per heavy atom. The van der Waals surface area contributed by atoms with Crippen molar-refractivity contribution in [3.05, 3.63) is 24.0 Å². The van der Waals surface area contributed by atoms with Gasteiger partial charge in [-0.25, -0.2) is 0 Å². The van der Waals surface area contributed by atoms with Crippen molar-refractivity contribution in [2.45, 2.75) is 31.8 Å². The summed E-state index contributed by atoms with van der Waals surface area (Å²) in [4.78, 5) is 6.73. The summed E-state index contributed by atoms with van der Waals surface area (Å²) < 4.78 is 5.46. The average molecular weight is 250 g/mol. The lowest BCUT2D eigenvalue weighted by Gasteiger charge is -2.40. The van der Waals surface area contributed by atoms with Crippen LogP contribution in [0.5, 0.6) is 0 Å². The van der Waals surface area contributed by atoms with Gasteiger partial charge in [-0.1, -0.05) is 6.92 Å². The van der Waals surface area contributed by atoms with Crippen LogP contribution in [0, 0.1) is 0 Å². The molecule has 0 saturated carbocycles. The molecule has 1 saturated heterocycles. The number of nitrogens with zero attached hydrogens (tertiary/aromatic N) is 2. The molecule has 1 aromatic heterocycles. The summed E-state index contributed by atoms with van der Waals surface area (Å²) in [5.41, 5.74) is 1.94. The molecule has 100 valence electrons. The largest absolute Gasteiger partial charge is 0.393 e. The minimum Gasteiger partial charge on any atom is -0.393 e. The highest BCUT2D eigenvalue weighted by Crippen LogP contribution is 2.28. The smallest absolute Gasteiger partial charge is 0.0941 e. The molecule has 0 radical (unpaired) electrons. The first-order valence-corrected chi connectivity index (χ1v) is 6.59. The van der Waals surface area contributed by atoms with Gasteiger partial charge >= 0.3 is 0 Å². The van der Waals surface area contributed by atoms with Crippen LogP contribution in [0.3, 0.4) is 0 Å². The first-order valence-electron chi connectivity index (χ1n) is 6.59. The average Bonchev–Trinajstić information content (AvgIpc) is 2.47. The third-order valence-corrected chi connectivity index (χ3v) is 3.93. The Hall–Kier alpha value is -1.13. The van der Waals surface area contributed by atoms with Crippen LogP contribution in [0.4, 0.5) is 5.69 Å². The predicted octanol–water partition coefficient (Wildman–Crippen LogP) is 1.62. The Kier molecular flexibility index (Phi) is 4.19. The van der Waals surface area contributed by atoms with E-state index in [1.54, 1.807) is 7.11 Å². The zero-order valence-corrected chi connectivity index (χ0v) is 11.2. The second kappa shape index (κ2) is 5.67. The number of hydrogen-bond acceptors (Lipinski definition) is 4. The number of aliphatic hydroxyl groups excluding tert-OH is 1. The highest BCUT2D eigenvalue weighted by molar-refractivity contribution is 5.45. The van der Waals surface area contributed by atoms with Gasteiger partial charge in [0.15, 0.2) is 0 Å². The fourth-order valence-electron chi connectivity index (χ4n) is 2.41. The Labute approximate surface area is 109 Å². The van der Waals surface area contributed by atoms with E-state index < -0.39 is 0 Å². The Morgan fingerprint density at radius 1 is 1.39 bits per heavy atom. The maximum atomic E-state index is 9.41. The molecule has 0 aromatic carbocycles. The third-order valence-electron chi connectivity index (χ3n) is 3.93. The van der Waals surface area contributed by atoms with E-state index in [-0.39, 0.29) is 12.2 Å². The van der Waals surface area contributed by atoms with Crippen molar-refractivity contribution < 1.29 is 9.84 Å². The van der Waals surface area contributed by atoms with Gasteiger partial charge < -0.3 is 14.7 Å². The van der Waals surface area contributed by atoms with Crippen molar-refractivity contribution in [1.82, 2.24) is 4.98 Å². The molecule has 1 fully saturated rings. The molecule has 1 aliphatic rings. The van der Waals surface area contributed by atoms with Crippen molar-refractivity contribution in [2.24, 2.45) is 0 Å². The van der Waals surface area contributed by atoms with Gasteiger partial charge in [-0.2, -0.15) is 0 Å². The quantitative estimate of drug-likeness (QED) is 0.882. The van der Waals surface area contributed by atoms with Gasteiger partial charge in [0, 0.05) is 25.9 Å². The minimum absolute atomic E-state index is 0.102. The van der Waals surface area contributed by atoms with Crippen molar-refractivity contribution in [3.8, 4) is 0 Å². The van der Waals surface area contributed by atoms with Gasteiger partial charge in [0.25, 0.3) is 0 Å². The maximum Gasteiger partial charge on any atom is 0.0941 e. The van der Waals surface area contributed by atoms with Crippen molar-refractivity contribution in [3.63, 3.8) is 0 Å². The lowest BCUT2D eigenvalue weighted by Crippen LogP contribution is -2.48. The number of piperidine rings is 1. The standard InChI is InChI=1S/C14H22N2O2/c1-3-12-4-5-13(10-15-12)16-8-6-14(11-17,18-2)7-9-16/h4-5,10,17H,3,6-9,11H2,1-2H3. The monoisotopic (exact) mass is 250 g/mol. The summed E-state index contributed by atoms with van der Waals surface area (Å²) in [6.45, 7) is 4.02. The van der Waals surface area contributed by atoms with E-state index in [2.05, 4.69) is 28.9 Å². The summed E-state index contributed by atoms with van der Waals surface area (Å²) in [5, 5.41) is 9.41. The Bertz CT molecular complexity index is 364. The van der Waals surface area contributed by atoms with Crippen LogP contribution < -0.4 is 4.90 Å². The predicted molar refractivity (Wildman–Crippen MR) is 71.9 cm³/mol. The number of aliphatic hydroxyl groups is 1. The molecule has 1 N–H and O–H groups in total. The number of hydrogen-bond donors (Lipinski definition) is 1. The molecule has 0 aliphatic carbocycles. The second-order valence-electron chi connectivity index (χ2n) is 4.89. The van der Waals surface area contributed by atoms with Gasteiger partial charge in [0.05, 0.1) is 24.1 Å². The van der Waals surface area contributed by atoms with Crippen LogP contribution in [0.15, 0.2) is 18.3 Å². The summed E-state index contributed by atoms with van der Waals surface area (Å²) in [6.07, 6.45) is 4.63. The molecule has 0 amide bonds. The fourth-order valence-corrected chi connectivity index (χ4v) is 2.41. The molecular weight excluding hydrogens is 228 g/mol. The molecule has 1 aromatic rings. The minimum atomic E-state index is -0.340. The molecule has 2 rings (SSSR count). The normalized spacial score (nSPS) is 18.9. The molecule has 0 unspecified atom stereocenters. The molecule has 0 bridgehead atoms. The van der Waals surface area contributed by atoms with Crippen LogP contribution in [-0.2, 0) is 11.2 Å². The topological polar surface area (TPSA) is 45.6 Å². The summed E-state index contributed by atoms with van der Waals surface area (Å²) in [6, 6.07) is 4.21. The molecule has 4 heteroatoms. The van der Waals surface area contributed by atoms with Crippen LogP contribution in [0.25, 0.3) is 0 Å². The van der Waals surface area contributed by atoms with E-state index >= 15 is 0 Å². The number of aryl methyl sites for hydroxylation is 1. The maximum absolute atomic E-state index is 9.41. The summed E-state index contributed by atoms with van der Waals surface area (Å²) in [5.74, 6) is 0. The lowest BCUT2D eigenvalue weighted by molar-refractivity contribution is -0.0672. The van der Waals surface area contributed by atoms with Crippen LogP contribution in [0.2, 0.25) is 0 Å². The molecule has 0 spiro atoms. The van der Waals surface area contributed by atoms with Crippen LogP contribution in [0.1, 0.15) is 25.5 Å². The highest BCUT2D eigenvalue weighted by Gasteiger charge is 2.33. The van der Waals surface area contributed by atoms with Crippen LogP contribution in [-0.4, -0.2) is 42.5 Å². The second-order valence-corrected chi connectivity index (χ2v) is 4.89. The SMILES string of the molecule is CCc1ccc(N2CCC(CO)(OC)CC2)cn1. The number of anilines is 1. The Balaban J connectivity index is 2.00. The number of pyridine rings is 1. The molecule has 4 nitrogen and oxygen atoms in total. The third kappa shape index (κ3) is 2.65. The Morgan fingerprint density at radius 2 is 2.11 bits per heavy atom. The lowest BCUT2D eigenvalue weighted by atomic mass is 9.92. The van der Waals surface area contributed by atoms with Gasteiger partial charge in [0.2, 0.25) is 0 Å².